The molecular formula is C17H16N4O3. The van der Waals surface area contributed by atoms with Crippen molar-refractivity contribution >= 4 is 23.8 Å². The van der Waals surface area contributed by atoms with Gasteiger partial charge in [0.15, 0.2) is 0 Å². The van der Waals surface area contributed by atoms with E-state index in [1.54, 1.807) is 42.6 Å². The zero-order chi connectivity index (χ0) is 17.4. The molecule has 0 radical (unpaired) electrons. The molecule has 7 heteroatoms. The maximum atomic E-state index is 12.6. The Morgan fingerprint density at radius 3 is 2.25 bits per heavy atom. The number of hydrogen-bond donors (Lipinski definition) is 1. The number of pyridine rings is 2. The van der Waals surface area contributed by atoms with Crippen LogP contribution < -0.4 is 5.32 Å². The third-order valence-corrected chi connectivity index (χ3v) is 3.10. The van der Waals surface area contributed by atoms with Gasteiger partial charge in [0.1, 0.15) is 12.0 Å². The first-order valence-electron chi connectivity index (χ1n) is 7.17. The van der Waals surface area contributed by atoms with Gasteiger partial charge in [-0.3, -0.25) is 19.6 Å². The van der Waals surface area contributed by atoms with Crippen molar-refractivity contribution in [1.82, 2.24) is 20.2 Å². The fourth-order valence-electron chi connectivity index (χ4n) is 1.94. The van der Waals surface area contributed by atoms with Gasteiger partial charge in [-0.25, -0.2) is 0 Å². The van der Waals surface area contributed by atoms with E-state index >= 15 is 0 Å². The minimum absolute atomic E-state index is 0.108. The highest BCUT2D eigenvalue weighted by Gasteiger charge is 2.19. The molecule has 0 aromatic carbocycles. The second kappa shape index (κ2) is 8.33. The fourth-order valence-corrected chi connectivity index (χ4v) is 1.94. The second-order valence-corrected chi connectivity index (χ2v) is 4.74. The summed E-state index contributed by atoms with van der Waals surface area (Å²) in [7, 11) is 1.53. The highest BCUT2D eigenvalue weighted by molar-refractivity contribution is 6.02. The van der Waals surface area contributed by atoms with E-state index in [0.29, 0.717) is 17.7 Å². The van der Waals surface area contributed by atoms with Crippen LogP contribution in [0, 0.1) is 0 Å². The Kier molecular flexibility index (Phi) is 5.90. The molecular weight excluding hydrogens is 308 g/mol. The molecule has 0 bridgehead atoms. The van der Waals surface area contributed by atoms with Gasteiger partial charge in [-0.1, -0.05) is 12.1 Å². The molecule has 7 nitrogen and oxygen atoms in total. The molecule has 2 rings (SSSR count). The number of carbonyl (C=O) groups is 3. The average molecular weight is 324 g/mol. The molecule has 24 heavy (non-hydrogen) atoms. The Hall–Kier alpha value is -3.35. The number of aromatic nitrogens is 2. The van der Waals surface area contributed by atoms with Crippen molar-refractivity contribution in [2.24, 2.45) is 0 Å². The number of nitrogens with zero attached hydrogens (tertiary/aromatic N) is 3. The van der Waals surface area contributed by atoms with Gasteiger partial charge in [-0.15, -0.1) is 0 Å². The largest absolute Gasteiger partial charge is 0.346 e. The van der Waals surface area contributed by atoms with Crippen LogP contribution in [0.25, 0.3) is 5.70 Å². The van der Waals surface area contributed by atoms with Crippen molar-refractivity contribution in [3.05, 3.63) is 66.3 Å². The van der Waals surface area contributed by atoms with E-state index in [4.69, 9.17) is 0 Å². The summed E-state index contributed by atoms with van der Waals surface area (Å²) >= 11 is 0. The van der Waals surface area contributed by atoms with Crippen LogP contribution in [0.2, 0.25) is 0 Å². The van der Waals surface area contributed by atoms with Gasteiger partial charge in [0.2, 0.25) is 5.91 Å². The van der Waals surface area contributed by atoms with Gasteiger partial charge >= 0.3 is 0 Å². The average Bonchev–Trinajstić information content (AvgIpc) is 2.64. The third-order valence-electron chi connectivity index (χ3n) is 3.10. The number of carbonyl (C=O) groups excluding carboxylic acids is 3. The van der Waals surface area contributed by atoms with Crippen LogP contribution in [0.15, 0.2) is 54.9 Å². The van der Waals surface area contributed by atoms with E-state index < -0.39 is 5.91 Å². The SMILES string of the molecule is CN(C(=O)c1ccccn1)C(=CC(=O)NCC=O)c1ccccn1. The summed E-state index contributed by atoms with van der Waals surface area (Å²) in [6, 6.07) is 10.2. The summed E-state index contributed by atoms with van der Waals surface area (Å²) in [5.41, 5.74) is 0.996. The first kappa shape index (κ1) is 17.0. The van der Waals surface area contributed by atoms with Gasteiger partial charge in [-0.05, 0) is 24.3 Å². The van der Waals surface area contributed by atoms with Crippen molar-refractivity contribution in [2.75, 3.05) is 13.6 Å². The molecule has 2 aromatic heterocycles. The van der Waals surface area contributed by atoms with Crippen molar-refractivity contribution < 1.29 is 14.4 Å². The van der Waals surface area contributed by atoms with Crippen LogP contribution in [0.1, 0.15) is 16.2 Å². The van der Waals surface area contributed by atoms with Gasteiger partial charge in [0, 0.05) is 25.5 Å². The number of aldehydes is 1. The number of amides is 2. The first-order chi connectivity index (χ1) is 11.6. The molecule has 1 N–H and O–H groups in total. The maximum absolute atomic E-state index is 12.6. The van der Waals surface area contributed by atoms with E-state index in [2.05, 4.69) is 15.3 Å². The number of hydrogen-bond acceptors (Lipinski definition) is 5. The van der Waals surface area contributed by atoms with Crippen LogP contribution in [-0.2, 0) is 9.59 Å². The molecule has 2 heterocycles. The molecule has 0 saturated carbocycles. The first-order valence-corrected chi connectivity index (χ1v) is 7.17. The Balaban J connectivity index is 2.35. The van der Waals surface area contributed by atoms with E-state index in [-0.39, 0.29) is 18.1 Å². The fraction of sp³-hybridized carbons (Fsp3) is 0.118. The lowest BCUT2D eigenvalue weighted by Gasteiger charge is -2.20. The predicted octanol–water partition coefficient (Wildman–Crippen LogP) is 0.905. The number of rotatable bonds is 6. The minimum Gasteiger partial charge on any atom is -0.346 e. The molecule has 0 fully saturated rings. The molecule has 0 aliphatic carbocycles. The molecule has 2 amide bonds. The number of nitrogens with one attached hydrogen (secondary N) is 1. The summed E-state index contributed by atoms with van der Waals surface area (Å²) in [4.78, 5) is 44.3. The van der Waals surface area contributed by atoms with Crippen molar-refractivity contribution in [2.45, 2.75) is 0 Å². The molecule has 0 unspecified atom stereocenters. The van der Waals surface area contributed by atoms with Gasteiger partial charge in [-0.2, -0.15) is 0 Å². The molecule has 0 aliphatic rings. The highest BCUT2D eigenvalue weighted by atomic mass is 16.2. The zero-order valence-electron chi connectivity index (χ0n) is 13.0. The van der Waals surface area contributed by atoms with Gasteiger partial charge in [0.05, 0.1) is 17.9 Å². The van der Waals surface area contributed by atoms with Crippen LogP contribution in [0.4, 0.5) is 0 Å². The Morgan fingerprint density at radius 2 is 1.71 bits per heavy atom. The molecule has 0 saturated heterocycles. The monoisotopic (exact) mass is 324 g/mol. The Bertz CT molecular complexity index is 745. The lowest BCUT2D eigenvalue weighted by atomic mass is 10.2. The smallest absolute Gasteiger partial charge is 0.276 e. The summed E-state index contributed by atoms with van der Waals surface area (Å²) in [5.74, 6) is -0.876. The Morgan fingerprint density at radius 1 is 1.08 bits per heavy atom. The Labute approximate surface area is 139 Å². The van der Waals surface area contributed by atoms with E-state index in [1.807, 2.05) is 0 Å². The molecule has 0 atom stereocenters. The van der Waals surface area contributed by atoms with Crippen LogP contribution >= 0.6 is 0 Å². The summed E-state index contributed by atoms with van der Waals surface area (Å²) in [5, 5.41) is 2.40. The van der Waals surface area contributed by atoms with Crippen LogP contribution in [0.5, 0.6) is 0 Å². The highest BCUT2D eigenvalue weighted by Crippen LogP contribution is 2.17. The normalized spacial score (nSPS) is 10.8. The maximum Gasteiger partial charge on any atom is 0.276 e. The second-order valence-electron chi connectivity index (χ2n) is 4.74. The quantitative estimate of drug-likeness (QED) is 0.630. The van der Waals surface area contributed by atoms with E-state index in [9.17, 15) is 14.4 Å². The standard InChI is InChI=1S/C17H16N4O3/c1-21(17(24)14-7-3-5-9-19-14)15(12-16(23)20-10-11-22)13-6-2-4-8-18-13/h2-9,11-12H,10H2,1H3,(H,20,23). The summed E-state index contributed by atoms with van der Waals surface area (Å²) in [6.07, 6.45) is 4.88. The van der Waals surface area contributed by atoms with Gasteiger partial charge < -0.3 is 15.0 Å². The summed E-state index contributed by atoms with van der Waals surface area (Å²) in [6.45, 7) is -0.108. The zero-order valence-corrected chi connectivity index (χ0v) is 13.0. The van der Waals surface area contributed by atoms with E-state index in [1.165, 1.54) is 24.2 Å². The van der Waals surface area contributed by atoms with Crippen molar-refractivity contribution in [1.29, 1.82) is 0 Å². The lowest BCUT2D eigenvalue weighted by Crippen LogP contribution is -2.29. The topological polar surface area (TPSA) is 92.3 Å². The molecule has 2 aromatic rings. The van der Waals surface area contributed by atoms with E-state index in [0.717, 1.165) is 0 Å². The lowest BCUT2D eigenvalue weighted by molar-refractivity contribution is -0.118. The van der Waals surface area contributed by atoms with Crippen LogP contribution in [-0.4, -0.2) is 46.6 Å². The predicted molar refractivity (Wildman–Crippen MR) is 87.6 cm³/mol. The molecule has 122 valence electrons. The van der Waals surface area contributed by atoms with Crippen molar-refractivity contribution in [3.63, 3.8) is 0 Å². The minimum atomic E-state index is -0.497. The molecule has 0 spiro atoms. The molecule has 0 aliphatic heterocycles. The summed E-state index contributed by atoms with van der Waals surface area (Å²) < 4.78 is 0. The van der Waals surface area contributed by atoms with Gasteiger partial charge in [0.25, 0.3) is 5.91 Å². The van der Waals surface area contributed by atoms with Crippen molar-refractivity contribution in [3.8, 4) is 0 Å². The van der Waals surface area contributed by atoms with Crippen LogP contribution in [0.3, 0.4) is 0 Å². The third kappa shape index (κ3) is 4.33.